The van der Waals surface area contributed by atoms with Gasteiger partial charge in [-0.05, 0) is 6.92 Å². The Kier molecular flexibility index (Phi) is 1.88. The molecule has 0 aliphatic carbocycles. The maximum Gasteiger partial charge on any atom is 0.355 e. The third-order valence-corrected chi connectivity index (χ3v) is 0.620. The Balaban J connectivity index is 4.23. The summed E-state index contributed by atoms with van der Waals surface area (Å²) in [6, 6.07) is 0. The van der Waals surface area contributed by atoms with Gasteiger partial charge in [0.05, 0.1) is 0 Å². The lowest BCUT2D eigenvalue weighted by Crippen LogP contribution is -2.11. The molecule has 0 saturated heterocycles. The van der Waals surface area contributed by atoms with Crippen LogP contribution in [0.2, 0.25) is 0 Å². The van der Waals surface area contributed by atoms with Crippen LogP contribution < -0.4 is 5.73 Å². The first-order chi connectivity index (χ1) is 3.55. The zero-order chi connectivity index (χ0) is 6.73. The predicted molar refractivity (Wildman–Crippen MR) is 27.2 cm³/mol. The van der Waals surface area contributed by atoms with Gasteiger partial charge in [0.25, 0.3) is 0 Å². The Morgan fingerprint density at radius 2 is 1.88 bits per heavy atom. The summed E-state index contributed by atoms with van der Waals surface area (Å²) in [6.07, 6.45) is 0. The van der Waals surface area contributed by atoms with Gasteiger partial charge >= 0.3 is 5.97 Å². The molecule has 8 heavy (non-hydrogen) atoms. The van der Waals surface area contributed by atoms with E-state index in [1.807, 2.05) is 0 Å². The number of carboxylic acids is 1. The lowest BCUT2D eigenvalue weighted by Gasteiger charge is -1.91. The van der Waals surface area contributed by atoms with Crippen LogP contribution in [0.25, 0.3) is 0 Å². The molecule has 0 bridgehead atoms. The van der Waals surface area contributed by atoms with Gasteiger partial charge in [0.2, 0.25) is 0 Å². The van der Waals surface area contributed by atoms with E-state index in [0.29, 0.717) is 0 Å². The molecule has 4 N–H and O–H groups in total. The van der Waals surface area contributed by atoms with Crippen LogP contribution in [-0.4, -0.2) is 16.2 Å². The molecule has 46 valence electrons. The first-order valence-electron chi connectivity index (χ1n) is 1.94. The monoisotopic (exact) mass is 117 g/mol. The van der Waals surface area contributed by atoms with Crippen LogP contribution in [0.5, 0.6) is 0 Å². The number of aliphatic carboxylic acids is 1. The lowest BCUT2D eigenvalue weighted by atomic mass is 10.4. The van der Waals surface area contributed by atoms with Gasteiger partial charge in [-0.3, -0.25) is 0 Å². The van der Waals surface area contributed by atoms with Gasteiger partial charge in [-0.2, -0.15) is 0 Å². The first-order valence-corrected chi connectivity index (χ1v) is 1.94. The van der Waals surface area contributed by atoms with Crippen LogP contribution >= 0.6 is 0 Å². The van der Waals surface area contributed by atoms with E-state index in [2.05, 4.69) is 0 Å². The summed E-state index contributed by atoms with van der Waals surface area (Å²) < 4.78 is 0. The molecular formula is C4H7NO3. The fourth-order valence-electron chi connectivity index (χ4n) is 0.155. The van der Waals surface area contributed by atoms with Gasteiger partial charge in [0, 0.05) is 0 Å². The highest BCUT2D eigenvalue weighted by atomic mass is 16.4. The topological polar surface area (TPSA) is 83.5 Å². The molecule has 0 aromatic rings. The molecule has 0 saturated carbocycles. The second-order valence-electron chi connectivity index (χ2n) is 1.30. The summed E-state index contributed by atoms with van der Waals surface area (Å²) in [7, 11) is 0. The largest absolute Gasteiger partial charge is 0.510 e. The molecule has 0 atom stereocenters. The van der Waals surface area contributed by atoms with E-state index in [-0.39, 0.29) is 5.76 Å². The number of allylic oxidation sites excluding steroid dienone is 1. The number of hydrogen-bond donors (Lipinski definition) is 3. The highest BCUT2D eigenvalue weighted by molar-refractivity contribution is 5.85. The van der Waals surface area contributed by atoms with Crippen molar-refractivity contribution in [3.05, 3.63) is 11.5 Å². The maximum absolute atomic E-state index is 9.80. The second-order valence-corrected chi connectivity index (χ2v) is 1.30. The van der Waals surface area contributed by atoms with E-state index in [9.17, 15) is 4.79 Å². The fourth-order valence-corrected chi connectivity index (χ4v) is 0.155. The van der Waals surface area contributed by atoms with Crippen molar-refractivity contribution >= 4 is 5.97 Å². The van der Waals surface area contributed by atoms with Crippen molar-refractivity contribution in [2.45, 2.75) is 6.92 Å². The van der Waals surface area contributed by atoms with Crippen LogP contribution in [0.4, 0.5) is 0 Å². The molecule has 0 rings (SSSR count). The fraction of sp³-hybridized carbons (Fsp3) is 0.250. The average Bonchev–Trinajstić information content (AvgIpc) is 1.64. The number of aliphatic hydroxyl groups is 1. The van der Waals surface area contributed by atoms with Crippen molar-refractivity contribution in [2.24, 2.45) is 5.73 Å². The van der Waals surface area contributed by atoms with Gasteiger partial charge in [0.15, 0.2) is 5.70 Å². The van der Waals surface area contributed by atoms with Crippen LogP contribution in [0.15, 0.2) is 11.5 Å². The van der Waals surface area contributed by atoms with Crippen LogP contribution in [0.3, 0.4) is 0 Å². The van der Waals surface area contributed by atoms with Gasteiger partial charge in [-0.25, -0.2) is 4.79 Å². The normalized spacial score (nSPS) is 12.6. The lowest BCUT2D eigenvalue weighted by molar-refractivity contribution is -0.132. The molecule has 0 fully saturated rings. The van der Waals surface area contributed by atoms with Gasteiger partial charge in [-0.1, -0.05) is 0 Å². The van der Waals surface area contributed by atoms with Crippen LogP contribution in [-0.2, 0) is 4.79 Å². The smallest absolute Gasteiger partial charge is 0.355 e. The van der Waals surface area contributed by atoms with E-state index in [0.717, 1.165) is 0 Å². The minimum absolute atomic E-state index is 0.363. The molecule has 0 radical (unpaired) electrons. The molecule has 4 nitrogen and oxygen atoms in total. The Bertz CT molecular complexity index is 134. The summed E-state index contributed by atoms with van der Waals surface area (Å²) in [5, 5.41) is 16.4. The van der Waals surface area contributed by atoms with Crippen molar-refractivity contribution < 1.29 is 15.0 Å². The molecular weight excluding hydrogens is 110 g/mol. The number of aliphatic hydroxyl groups excluding tert-OH is 1. The maximum atomic E-state index is 9.80. The number of rotatable bonds is 1. The Hall–Kier alpha value is -1.19. The number of carboxylic acid groups (broad SMARTS) is 1. The zero-order valence-corrected chi connectivity index (χ0v) is 4.38. The van der Waals surface area contributed by atoms with Gasteiger partial charge < -0.3 is 15.9 Å². The molecule has 0 aromatic heterocycles. The van der Waals surface area contributed by atoms with Crippen LogP contribution in [0, 0.1) is 0 Å². The Morgan fingerprint density at radius 1 is 1.50 bits per heavy atom. The summed E-state index contributed by atoms with van der Waals surface area (Å²) in [6.45, 7) is 1.21. The van der Waals surface area contributed by atoms with E-state index in [1.54, 1.807) is 0 Å². The molecule has 0 aliphatic heterocycles. The molecule has 0 spiro atoms. The first kappa shape index (κ1) is 6.81. The van der Waals surface area contributed by atoms with E-state index in [1.165, 1.54) is 6.92 Å². The van der Waals surface area contributed by atoms with Crippen molar-refractivity contribution in [3.63, 3.8) is 0 Å². The minimum Gasteiger partial charge on any atom is -0.510 e. The quantitative estimate of drug-likeness (QED) is 0.328. The summed E-state index contributed by atoms with van der Waals surface area (Å²) in [5.41, 5.74) is 4.28. The van der Waals surface area contributed by atoms with Gasteiger partial charge in [-0.15, -0.1) is 0 Å². The van der Waals surface area contributed by atoms with Gasteiger partial charge in [0.1, 0.15) is 5.76 Å². The van der Waals surface area contributed by atoms with Crippen molar-refractivity contribution in [3.8, 4) is 0 Å². The van der Waals surface area contributed by atoms with E-state index in [4.69, 9.17) is 15.9 Å². The molecule has 0 aliphatic rings. The molecule has 4 heteroatoms. The third-order valence-electron chi connectivity index (χ3n) is 0.620. The zero-order valence-electron chi connectivity index (χ0n) is 4.38. The Labute approximate surface area is 46.2 Å². The van der Waals surface area contributed by atoms with Crippen LogP contribution in [0.1, 0.15) is 6.92 Å². The summed E-state index contributed by atoms with van der Waals surface area (Å²) in [5.74, 6) is -1.66. The van der Waals surface area contributed by atoms with E-state index < -0.39 is 11.7 Å². The van der Waals surface area contributed by atoms with E-state index >= 15 is 0 Å². The predicted octanol–water partition coefficient (Wildman–Crippen LogP) is -0.181. The number of carbonyl (C=O) groups is 1. The second kappa shape index (κ2) is 2.20. The Morgan fingerprint density at radius 3 is 1.88 bits per heavy atom. The molecule has 0 unspecified atom stereocenters. The SMILES string of the molecule is CC(O)=C(N)C(=O)O. The average molecular weight is 117 g/mol. The summed E-state index contributed by atoms with van der Waals surface area (Å²) >= 11 is 0. The summed E-state index contributed by atoms with van der Waals surface area (Å²) in [4.78, 5) is 9.80. The van der Waals surface area contributed by atoms with Crippen molar-refractivity contribution in [1.29, 1.82) is 0 Å². The highest BCUT2D eigenvalue weighted by Crippen LogP contribution is 1.89. The van der Waals surface area contributed by atoms with Crippen molar-refractivity contribution in [1.82, 2.24) is 0 Å². The number of nitrogens with two attached hydrogens (primary N) is 1. The molecule has 0 amide bonds. The third kappa shape index (κ3) is 1.51. The standard InChI is InChI=1S/C4H7NO3/c1-2(6)3(5)4(7)8/h6H,5H2,1H3,(H,7,8). The molecule has 0 heterocycles. The minimum atomic E-state index is -1.30. The van der Waals surface area contributed by atoms with Crippen molar-refractivity contribution in [2.75, 3.05) is 0 Å². The molecule has 0 aromatic carbocycles. The highest BCUT2D eigenvalue weighted by Gasteiger charge is 2.02. The number of hydrogen-bond acceptors (Lipinski definition) is 3.